The summed E-state index contributed by atoms with van der Waals surface area (Å²) in [6.45, 7) is 4.88. The molecule has 0 bridgehead atoms. The first-order valence-corrected chi connectivity index (χ1v) is 8.95. The quantitative estimate of drug-likeness (QED) is 0.791. The SMILES string of the molecule is CCOc1cccc(CN2C[C@@H](CO)[C@H](NC(=O)c3ccncc3)C2)c1. The first kappa shape index (κ1) is 18.4. The van der Waals surface area contributed by atoms with Crippen LogP contribution in [0, 0.1) is 5.92 Å². The maximum atomic E-state index is 12.4. The minimum atomic E-state index is -0.129. The Morgan fingerprint density at radius 2 is 2.12 bits per heavy atom. The molecule has 1 aliphatic heterocycles. The summed E-state index contributed by atoms with van der Waals surface area (Å²) in [4.78, 5) is 18.6. The third kappa shape index (κ3) is 4.59. The van der Waals surface area contributed by atoms with Crippen molar-refractivity contribution in [2.24, 2.45) is 5.92 Å². The predicted octanol–water partition coefficient (Wildman–Crippen LogP) is 1.70. The van der Waals surface area contributed by atoms with Gasteiger partial charge in [-0.1, -0.05) is 12.1 Å². The van der Waals surface area contributed by atoms with Crippen molar-refractivity contribution in [2.75, 3.05) is 26.3 Å². The minimum absolute atomic E-state index is 0.0239. The highest BCUT2D eigenvalue weighted by Crippen LogP contribution is 2.21. The Labute approximate surface area is 153 Å². The molecule has 1 saturated heterocycles. The predicted molar refractivity (Wildman–Crippen MR) is 99.0 cm³/mol. The second-order valence-corrected chi connectivity index (χ2v) is 6.53. The van der Waals surface area contributed by atoms with E-state index in [9.17, 15) is 9.90 Å². The number of carbonyl (C=O) groups is 1. The van der Waals surface area contributed by atoms with Crippen LogP contribution in [0.4, 0.5) is 0 Å². The zero-order valence-corrected chi connectivity index (χ0v) is 15.0. The molecule has 2 heterocycles. The summed E-state index contributed by atoms with van der Waals surface area (Å²) in [5.74, 6) is 0.761. The largest absolute Gasteiger partial charge is 0.494 e. The Hall–Kier alpha value is -2.44. The number of rotatable bonds is 7. The minimum Gasteiger partial charge on any atom is -0.494 e. The molecular formula is C20H25N3O3. The van der Waals surface area contributed by atoms with E-state index < -0.39 is 0 Å². The summed E-state index contributed by atoms with van der Waals surface area (Å²) in [5, 5.41) is 12.8. The van der Waals surface area contributed by atoms with Gasteiger partial charge in [0.1, 0.15) is 5.75 Å². The van der Waals surface area contributed by atoms with Crippen LogP contribution in [0.3, 0.4) is 0 Å². The van der Waals surface area contributed by atoms with Gasteiger partial charge in [0.25, 0.3) is 5.91 Å². The number of ether oxygens (including phenoxy) is 1. The number of nitrogens with zero attached hydrogens (tertiary/aromatic N) is 2. The average Bonchev–Trinajstić information content (AvgIpc) is 3.04. The van der Waals surface area contributed by atoms with E-state index >= 15 is 0 Å². The first-order chi connectivity index (χ1) is 12.7. The lowest BCUT2D eigenvalue weighted by atomic mass is 10.0. The highest BCUT2D eigenvalue weighted by atomic mass is 16.5. The van der Waals surface area contributed by atoms with Gasteiger partial charge >= 0.3 is 0 Å². The summed E-state index contributed by atoms with van der Waals surface area (Å²) in [5.41, 5.74) is 1.74. The molecular weight excluding hydrogens is 330 g/mol. The molecule has 1 fully saturated rings. The van der Waals surface area contributed by atoms with Gasteiger partial charge in [-0.25, -0.2) is 0 Å². The maximum Gasteiger partial charge on any atom is 0.251 e. The van der Waals surface area contributed by atoms with Crippen molar-refractivity contribution in [3.63, 3.8) is 0 Å². The number of nitrogens with one attached hydrogen (secondary N) is 1. The summed E-state index contributed by atoms with van der Waals surface area (Å²) >= 11 is 0. The lowest BCUT2D eigenvalue weighted by molar-refractivity contribution is 0.0921. The van der Waals surface area contributed by atoms with Gasteiger partial charge in [0.2, 0.25) is 0 Å². The molecule has 1 aromatic carbocycles. The molecule has 0 radical (unpaired) electrons. The van der Waals surface area contributed by atoms with Gasteiger partial charge in [0.15, 0.2) is 0 Å². The molecule has 0 unspecified atom stereocenters. The van der Waals surface area contributed by atoms with Crippen molar-refractivity contribution in [2.45, 2.75) is 19.5 Å². The number of hydrogen-bond donors (Lipinski definition) is 2. The fourth-order valence-corrected chi connectivity index (χ4v) is 3.35. The van der Waals surface area contributed by atoms with Crippen molar-refractivity contribution in [1.82, 2.24) is 15.2 Å². The monoisotopic (exact) mass is 355 g/mol. The highest BCUT2D eigenvalue weighted by molar-refractivity contribution is 5.94. The maximum absolute atomic E-state index is 12.4. The van der Waals surface area contributed by atoms with E-state index in [4.69, 9.17) is 4.74 Å². The number of hydrogen-bond acceptors (Lipinski definition) is 5. The fraction of sp³-hybridized carbons (Fsp3) is 0.400. The fourth-order valence-electron chi connectivity index (χ4n) is 3.35. The van der Waals surface area contributed by atoms with E-state index in [1.165, 1.54) is 0 Å². The molecule has 6 nitrogen and oxygen atoms in total. The summed E-state index contributed by atoms with van der Waals surface area (Å²) in [6.07, 6.45) is 3.20. The van der Waals surface area contributed by atoms with E-state index in [1.54, 1.807) is 24.5 Å². The van der Waals surface area contributed by atoms with Gasteiger partial charge in [0, 0.05) is 56.2 Å². The number of aromatic nitrogens is 1. The van der Waals surface area contributed by atoms with E-state index in [2.05, 4.69) is 21.3 Å². The van der Waals surface area contributed by atoms with Gasteiger partial charge < -0.3 is 15.2 Å². The smallest absolute Gasteiger partial charge is 0.251 e. The zero-order chi connectivity index (χ0) is 18.4. The van der Waals surface area contributed by atoms with Gasteiger partial charge in [-0.15, -0.1) is 0 Å². The molecule has 2 atom stereocenters. The summed E-state index contributed by atoms with van der Waals surface area (Å²) in [6, 6.07) is 11.4. The molecule has 0 spiro atoms. The molecule has 6 heteroatoms. The Morgan fingerprint density at radius 3 is 2.85 bits per heavy atom. The Kier molecular flexibility index (Phi) is 6.20. The van der Waals surface area contributed by atoms with Crippen LogP contribution < -0.4 is 10.1 Å². The normalized spacial score (nSPS) is 20.1. The van der Waals surface area contributed by atoms with Crippen LogP contribution in [-0.4, -0.2) is 53.2 Å². The van der Waals surface area contributed by atoms with Crippen LogP contribution in [-0.2, 0) is 6.54 Å². The Morgan fingerprint density at radius 1 is 1.31 bits per heavy atom. The number of benzene rings is 1. The van der Waals surface area contributed by atoms with Gasteiger partial charge in [-0.05, 0) is 36.8 Å². The molecule has 0 aliphatic carbocycles. The molecule has 0 saturated carbocycles. The second-order valence-electron chi connectivity index (χ2n) is 6.53. The Balaban J connectivity index is 1.61. The number of pyridine rings is 1. The molecule has 1 aliphatic rings. The molecule has 138 valence electrons. The van der Waals surface area contributed by atoms with Crippen molar-refractivity contribution < 1.29 is 14.6 Å². The van der Waals surface area contributed by atoms with E-state index in [0.717, 1.165) is 24.4 Å². The van der Waals surface area contributed by atoms with E-state index in [1.807, 2.05) is 25.1 Å². The van der Waals surface area contributed by atoms with Crippen LogP contribution in [0.1, 0.15) is 22.8 Å². The lowest BCUT2D eigenvalue weighted by Gasteiger charge is -2.18. The number of aliphatic hydroxyl groups excluding tert-OH is 1. The number of carbonyl (C=O) groups excluding carboxylic acids is 1. The van der Waals surface area contributed by atoms with Gasteiger partial charge in [-0.2, -0.15) is 0 Å². The second kappa shape index (κ2) is 8.78. The van der Waals surface area contributed by atoms with Crippen molar-refractivity contribution in [3.05, 3.63) is 59.9 Å². The molecule has 3 rings (SSSR count). The number of aliphatic hydroxyl groups is 1. The van der Waals surface area contributed by atoms with Crippen molar-refractivity contribution in [3.8, 4) is 5.75 Å². The van der Waals surface area contributed by atoms with Crippen LogP contribution in [0.15, 0.2) is 48.8 Å². The van der Waals surface area contributed by atoms with Crippen LogP contribution in [0.5, 0.6) is 5.75 Å². The molecule has 2 aromatic rings. The Bertz CT molecular complexity index is 723. The standard InChI is InChI=1S/C20H25N3O3/c1-2-26-18-5-3-4-15(10-18)11-23-12-17(14-24)19(13-23)22-20(25)16-6-8-21-9-7-16/h3-10,17,19,24H,2,11-14H2,1H3,(H,22,25)/t17-,19+/m0/s1. The van der Waals surface area contributed by atoms with Crippen LogP contribution >= 0.6 is 0 Å². The molecule has 1 amide bonds. The topological polar surface area (TPSA) is 74.7 Å². The van der Waals surface area contributed by atoms with Crippen molar-refractivity contribution in [1.29, 1.82) is 0 Å². The van der Waals surface area contributed by atoms with E-state index in [0.29, 0.717) is 18.7 Å². The molecule has 2 N–H and O–H groups in total. The summed E-state index contributed by atoms with van der Waals surface area (Å²) in [7, 11) is 0. The lowest BCUT2D eigenvalue weighted by Crippen LogP contribution is -2.41. The van der Waals surface area contributed by atoms with Gasteiger partial charge in [-0.3, -0.25) is 14.7 Å². The molecule has 26 heavy (non-hydrogen) atoms. The average molecular weight is 355 g/mol. The van der Waals surface area contributed by atoms with E-state index in [-0.39, 0.29) is 24.5 Å². The van der Waals surface area contributed by atoms with Crippen LogP contribution in [0.2, 0.25) is 0 Å². The third-order valence-corrected chi connectivity index (χ3v) is 4.63. The number of likely N-dealkylation sites (tertiary alicyclic amines) is 1. The van der Waals surface area contributed by atoms with Crippen LogP contribution in [0.25, 0.3) is 0 Å². The first-order valence-electron chi connectivity index (χ1n) is 8.95. The third-order valence-electron chi connectivity index (χ3n) is 4.63. The number of amides is 1. The summed E-state index contributed by atoms with van der Waals surface area (Å²) < 4.78 is 5.56. The van der Waals surface area contributed by atoms with Gasteiger partial charge in [0.05, 0.1) is 6.61 Å². The highest BCUT2D eigenvalue weighted by Gasteiger charge is 2.33. The molecule has 1 aromatic heterocycles. The van der Waals surface area contributed by atoms with Crippen molar-refractivity contribution >= 4 is 5.91 Å². The zero-order valence-electron chi connectivity index (χ0n) is 15.0.